The molecule has 104 valence electrons. The molecule has 1 saturated heterocycles. The van der Waals surface area contributed by atoms with E-state index < -0.39 is 0 Å². The van der Waals surface area contributed by atoms with E-state index in [4.69, 9.17) is 0 Å². The van der Waals surface area contributed by atoms with Gasteiger partial charge in [-0.3, -0.25) is 9.69 Å². The smallest absolute Gasteiger partial charge is 0.221 e. The van der Waals surface area contributed by atoms with Crippen molar-refractivity contribution < 1.29 is 9.90 Å². The number of piperidine rings is 1. The van der Waals surface area contributed by atoms with Crippen LogP contribution in [0, 0.1) is 5.92 Å². The average molecular weight is 254 g/mol. The van der Waals surface area contributed by atoms with Crippen LogP contribution < -0.4 is 5.32 Å². The fourth-order valence-corrected chi connectivity index (χ4v) is 3.57. The summed E-state index contributed by atoms with van der Waals surface area (Å²) in [5, 5.41) is 12.8. The molecule has 4 heteroatoms. The van der Waals surface area contributed by atoms with Gasteiger partial charge in [0.2, 0.25) is 5.91 Å². The molecule has 3 unspecified atom stereocenters. The molecule has 0 spiro atoms. The molecule has 0 aromatic carbocycles. The van der Waals surface area contributed by atoms with Gasteiger partial charge in [0.25, 0.3) is 0 Å². The fourth-order valence-electron chi connectivity index (χ4n) is 3.57. The summed E-state index contributed by atoms with van der Waals surface area (Å²) in [5.74, 6) is 0.557. The Morgan fingerprint density at radius 3 is 2.78 bits per heavy atom. The van der Waals surface area contributed by atoms with Crippen LogP contribution in [0.25, 0.3) is 0 Å². The molecule has 4 nitrogen and oxygen atoms in total. The summed E-state index contributed by atoms with van der Waals surface area (Å²) in [4.78, 5) is 13.8. The first-order valence-electron chi connectivity index (χ1n) is 7.35. The number of hydrogen-bond acceptors (Lipinski definition) is 3. The highest BCUT2D eigenvalue weighted by atomic mass is 16.3. The molecule has 18 heavy (non-hydrogen) atoms. The lowest BCUT2D eigenvalue weighted by Gasteiger charge is -2.40. The van der Waals surface area contributed by atoms with E-state index in [1.807, 2.05) is 0 Å². The van der Waals surface area contributed by atoms with Crippen molar-refractivity contribution in [3.63, 3.8) is 0 Å². The van der Waals surface area contributed by atoms with Crippen LogP contribution >= 0.6 is 0 Å². The van der Waals surface area contributed by atoms with Gasteiger partial charge in [0, 0.05) is 32.0 Å². The molecule has 0 bridgehead atoms. The van der Waals surface area contributed by atoms with Crippen LogP contribution in [0.1, 0.15) is 44.9 Å². The number of amides is 1. The van der Waals surface area contributed by atoms with Crippen LogP contribution in [0.4, 0.5) is 0 Å². The molecule has 3 atom stereocenters. The van der Waals surface area contributed by atoms with Crippen molar-refractivity contribution in [1.82, 2.24) is 10.2 Å². The van der Waals surface area contributed by atoms with E-state index in [2.05, 4.69) is 10.2 Å². The zero-order valence-electron chi connectivity index (χ0n) is 11.4. The number of carbonyl (C=O) groups excluding carboxylic acids is 1. The number of aliphatic hydroxyl groups is 1. The number of hydrogen-bond donors (Lipinski definition) is 2. The SMILES string of the molecule is CNC(=O)CCN1CCCCC1C1CCCC1O. The Bertz CT molecular complexity index is 283. The number of nitrogens with zero attached hydrogens (tertiary/aromatic N) is 1. The van der Waals surface area contributed by atoms with Gasteiger partial charge in [-0.15, -0.1) is 0 Å². The molecular formula is C14H26N2O2. The highest BCUT2D eigenvalue weighted by Gasteiger charge is 2.36. The van der Waals surface area contributed by atoms with Crippen LogP contribution in [0.5, 0.6) is 0 Å². The van der Waals surface area contributed by atoms with Gasteiger partial charge in [-0.2, -0.15) is 0 Å². The molecule has 2 N–H and O–H groups in total. The quantitative estimate of drug-likeness (QED) is 0.791. The molecule has 1 saturated carbocycles. The van der Waals surface area contributed by atoms with Crippen LogP contribution in [-0.2, 0) is 4.79 Å². The molecule has 1 amide bonds. The zero-order valence-corrected chi connectivity index (χ0v) is 11.4. The van der Waals surface area contributed by atoms with Gasteiger partial charge in [0.05, 0.1) is 6.10 Å². The molecule has 2 fully saturated rings. The minimum absolute atomic E-state index is 0.115. The first-order valence-corrected chi connectivity index (χ1v) is 7.35. The molecule has 1 heterocycles. The van der Waals surface area contributed by atoms with Crippen molar-refractivity contribution in [3.8, 4) is 0 Å². The van der Waals surface area contributed by atoms with Gasteiger partial charge in [-0.25, -0.2) is 0 Å². The molecule has 2 rings (SSSR count). The molecule has 2 aliphatic rings. The Morgan fingerprint density at radius 1 is 1.28 bits per heavy atom. The first kappa shape index (κ1) is 13.8. The Kier molecular flexibility index (Phi) is 5.01. The van der Waals surface area contributed by atoms with Crippen molar-refractivity contribution in [3.05, 3.63) is 0 Å². The average Bonchev–Trinajstić information content (AvgIpc) is 2.82. The van der Waals surface area contributed by atoms with E-state index in [1.54, 1.807) is 7.05 Å². The molecule has 1 aliphatic carbocycles. The van der Waals surface area contributed by atoms with Crippen molar-refractivity contribution in [2.75, 3.05) is 20.1 Å². The van der Waals surface area contributed by atoms with Gasteiger partial charge < -0.3 is 10.4 Å². The van der Waals surface area contributed by atoms with E-state index in [0.29, 0.717) is 18.4 Å². The Morgan fingerprint density at radius 2 is 2.11 bits per heavy atom. The summed E-state index contributed by atoms with van der Waals surface area (Å²) in [6, 6.07) is 0.501. The summed E-state index contributed by atoms with van der Waals surface area (Å²) in [6.45, 7) is 1.93. The van der Waals surface area contributed by atoms with Crippen LogP contribution in [0.15, 0.2) is 0 Å². The van der Waals surface area contributed by atoms with E-state index in [-0.39, 0.29) is 12.0 Å². The summed E-state index contributed by atoms with van der Waals surface area (Å²) in [5.41, 5.74) is 0. The second-order valence-electron chi connectivity index (χ2n) is 5.68. The van der Waals surface area contributed by atoms with E-state index >= 15 is 0 Å². The van der Waals surface area contributed by atoms with Crippen molar-refractivity contribution in [1.29, 1.82) is 0 Å². The molecule has 1 aliphatic heterocycles. The van der Waals surface area contributed by atoms with Crippen LogP contribution in [-0.4, -0.2) is 48.2 Å². The summed E-state index contributed by atoms with van der Waals surface area (Å²) < 4.78 is 0. The fraction of sp³-hybridized carbons (Fsp3) is 0.929. The van der Waals surface area contributed by atoms with Crippen molar-refractivity contribution in [2.24, 2.45) is 5.92 Å². The Labute approximate surface area is 110 Å². The van der Waals surface area contributed by atoms with Crippen LogP contribution in [0.3, 0.4) is 0 Å². The third-order valence-corrected chi connectivity index (χ3v) is 4.59. The van der Waals surface area contributed by atoms with Crippen molar-refractivity contribution >= 4 is 5.91 Å². The maximum atomic E-state index is 11.4. The Balaban J connectivity index is 1.90. The largest absolute Gasteiger partial charge is 0.393 e. The first-order chi connectivity index (χ1) is 8.72. The number of likely N-dealkylation sites (tertiary alicyclic amines) is 1. The van der Waals surface area contributed by atoms with Gasteiger partial charge in [-0.05, 0) is 32.2 Å². The van der Waals surface area contributed by atoms with Gasteiger partial charge in [-0.1, -0.05) is 12.8 Å². The third kappa shape index (κ3) is 3.23. The predicted molar refractivity (Wildman–Crippen MR) is 71.2 cm³/mol. The molecule has 0 aromatic heterocycles. The maximum absolute atomic E-state index is 11.4. The predicted octanol–water partition coefficient (Wildman–Crippen LogP) is 1.14. The van der Waals surface area contributed by atoms with Gasteiger partial charge in [0.15, 0.2) is 0 Å². The number of carbonyl (C=O) groups is 1. The molecule has 0 aromatic rings. The van der Waals surface area contributed by atoms with E-state index in [9.17, 15) is 9.90 Å². The standard InChI is InChI=1S/C14H26N2O2/c1-15-14(18)8-10-16-9-3-2-6-12(16)11-5-4-7-13(11)17/h11-13,17H,2-10H2,1H3,(H,15,18). The van der Waals surface area contributed by atoms with Gasteiger partial charge in [0.1, 0.15) is 0 Å². The lowest BCUT2D eigenvalue weighted by Crippen LogP contribution is -2.47. The molecule has 0 radical (unpaired) electrons. The van der Waals surface area contributed by atoms with Crippen molar-refractivity contribution in [2.45, 2.75) is 57.1 Å². The highest BCUT2D eigenvalue weighted by molar-refractivity contribution is 5.75. The van der Waals surface area contributed by atoms with Crippen LogP contribution in [0.2, 0.25) is 0 Å². The topological polar surface area (TPSA) is 52.6 Å². The second kappa shape index (κ2) is 6.53. The maximum Gasteiger partial charge on any atom is 0.221 e. The van der Waals surface area contributed by atoms with Gasteiger partial charge >= 0.3 is 0 Å². The van der Waals surface area contributed by atoms with E-state index in [0.717, 1.165) is 32.4 Å². The third-order valence-electron chi connectivity index (χ3n) is 4.59. The normalized spacial score (nSPS) is 33.6. The highest BCUT2D eigenvalue weighted by Crippen LogP contribution is 2.35. The minimum atomic E-state index is -0.115. The molecular weight excluding hydrogens is 228 g/mol. The monoisotopic (exact) mass is 254 g/mol. The number of rotatable bonds is 4. The second-order valence-corrected chi connectivity index (χ2v) is 5.68. The lowest BCUT2D eigenvalue weighted by atomic mass is 9.87. The summed E-state index contributed by atoms with van der Waals surface area (Å²) in [6.07, 6.45) is 7.43. The number of aliphatic hydroxyl groups excluding tert-OH is 1. The number of nitrogens with one attached hydrogen (secondary N) is 1. The van der Waals surface area contributed by atoms with E-state index in [1.165, 1.54) is 19.3 Å². The lowest BCUT2D eigenvalue weighted by molar-refractivity contribution is -0.121. The minimum Gasteiger partial charge on any atom is -0.393 e. The zero-order chi connectivity index (χ0) is 13.0. The Hall–Kier alpha value is -0.610. The summed E-state index contributed by atoms with van der Waals surface area (Å²) >= 11 is 0. The summed E-state index contributed by atoms with van der Waals surface area (Å²) in [7, 11) is 1.69.